The van der Waals surface area contributed by atoms with Crippen LogP contribution in [0.15, 0.2) is 0 Å². The van der Waals surface area contributed by atoms with Gasteiger partial charge in [0.15, 0.2) is 0 Å². The van der Waals surface area contributed by atoms with Gasteiger partial charge in [-0.25, -0.2) is 0 Å². The number of nitrogens with one attached hydrogen (secondary N) is 1. The molecule has 0 aromatic rings. The van der Waals surface area contributed by atoms with E-state index in [9.17, 15) is 0 Å². The molecule has 0 amide bonds. The predicted octanol–water partition coefficient (Wildman–Crippen LogP) is 3.61. The summed E-state index contributed by atoms with van der Waals surface area (Å²) < 4.78 is 5.90. The molecule has 0 bridgehead atoms. The van der Waals surface area contributed by atoms with Crippen LogP contribution >= 0.6 is 0 Å². The Morgan fingerprint density at radius 1 is 1.33 bits per heavy atom. The minimum absolute atomic E-state index is 0.406. The van der Waals surface area contributed by atoms with Crippen molar-refractivity contribution >= 4 is 0 Å². The molecule has 2 nitrogen and oxygen atoms in total. The minimum atomic E-state index is 0.406. The number of hydrogen-bond donors (Lipinski definition) is 1. The van der Waals surface area contributed by atoms with E-state index < -0.39 is 0 Å². The summed E-state index contributed by atoms with van der Waals surface area (Å²) in [6, 6.07) is 0.715. The van der Waals surface area contributed by atoms with Crippen molar-refractivity contribution in [1.29, 1.82) is 0 Å². The Morgan fingerprint density at radius 2 is 2.00 bits per heavy atom. The first-order valence-corrected chi connectivity index (χ1v) is 7.75. The van der Waals surface area contributed by atoms with Gasteiger partial charge in [-0.1, -0.05) is 34.1 Å². The highest BCUT2D eigenvalue weighted by Gasteiger charge is 2.58. The first-order chi connectivity index (χ1) is 8.40. The molecule has 3 unspecified atom stereocenters. The Balaban J connectivity index is 1.81. The van der Waals surface area contributed by atoms with E-state index in [0.29, 0.717) is 23.0 Å². The lowest BCUT2D eigenvalue weighted by Gasteiger charge is -2.61. The van der Waals surface area contributed by atoms with Crippen LogP contribution < -0.4 is 5.32 Å². The van der Waals surface area contributed by atoms with Crippen molar-refractivity contribution < 1.29 is 4.74 Å². The molecule has 1 N–H and O–H groups in total. The fourth-order valence-electron chi connectivity index (χ4n) is 3.35. The Hall–Kier alpha value is -0.0800. The van der Waals surface area contributed by atoms with Crippen molar-refractivity contribution in [3.63, 3.8) is 0 Å². The molecule has 3 atom stereocenters. The van der Waals surface area contributed by atoms with Crippen molar-refractivity contribution in [2.75, 3.05) is 13.2 Å². The third-order valence-corrected chi connectivity index (χ3v) is 5.59. The second kappa shape index (κ2) is 5.13. The molecule has 0 aromatic heterocycles. The number of ether oxygens (including phenoxy) is 1. The van der Waals surface area contributed by atoms with Crippen LogP contribution in [0.4, 0.5) is 0 Å². The van der Waals surface area contributed by atoms with Crippen molar-refractivity contribution in [2.45, 2.75) is 72.4 Å². The summed E-state index contributed by atoms with van der Waals surface area (Å²) in [5.74, 6) is 0.723. The standard InChI is InChI=1S/C16H31NO/c1-6-18-14-10-13(16(14)8-7-9-16)17-11-12(2)15(3,4)5/h12-14,17H,6-11H2,1-5H3. The average molecular weight is 253 g/mol. The van der Waals surface area contributed by atoms with Gasteiger partial charge in [-0.3, -0.25) is 0 Å². The summed E-state index contributed by atoms with van der Waals surface area (Å²) in [6.45, 7) is 13.5. The predicted molar refractivity (Wildman–Crippen MR) is 76.7 cm³/mol. The monoisotopic (exact) mass is 253 g/mol. The van der Waals surface area contributed by atoms with E-state index in [1.807, 2.05) is 0 Å². The number of rotatable bonds is 5. The molecular weight excluding hydrogens is 222 g/mol. The molecule has 0 aliphatic heterocycles. The average Bonchev–Trinajstić information content (AvgIpc) is 2.17. The maximum atomic E-state index is 5.90. The van der Waals surface area contributed by atoms with Crippen LogP contribution in [-0.2, 0) is 4.74 Å². The van der Waals surface area contributed by atoms with E-state index >= 15 is 0 Å². The third-order valence-electron chi connectivity index (χ3n) is 5.59. The summed E-state index contributed by atoms with van der Waals surface area (Å²) >= 11 is 0. The first kappa shape index (κ1) is 14.3. The van der Waals surface area contributed by atoms with Crippen molar-refractivity contribution in [1.82, 2.24) is 5.32 Å². The summed E-state index contributed by atoms with van der Waals surface area (Å²) in [6.07, 6.45) is 5.92. The van der Waals surface area contributed by atoms with Crippen LogP contribution in [0, 0.1) is 16.7 Å². The van der Waals surface area contributed by atoms with E-state index in [1.54, 1.807) is 0 Å². The molecule has 106 valence electrons. The van der Waals surface area contributed by atoms with E-state index in [1.165, 1.54) is 25.7 Å². The molecule has 2 heteroatoms. The Morgan fingerprint density at radius 3 is 2.44 bits per heavy atom. The van der Waals surface area contributed by atoms with Gasteiger partial charge in [0.25, 0.3) is 0 Å². The molecule has 0 heterocycles. The fraction of sp³-hybridized carbons (Fsp3) is 1.00. The van der Waals surface area contributed by atoms with Crippen LogP contribution in [0.2, 0.25) is 0 Å². The zero-order valence-electron chi connectivity index (χ0n) is 12.9. The van der Waals surface area contributed by atoms with Crippen LogP contribution in [-0.4, -0.2) is 25.3 Å². The smallest absolute Gasteiger partial charge is 0.0661 e. The number of hydrogen-bond acceptors (Lipinski definition) is 2. The van der Waals surface area contributed by atoms with E-state index in [-0.39, 0.29) is 0 Å². The first-order valence-electron chi connectivity index (χ1n) is 7.75. The largest absolute Gasteiger partial charge is 0.378 e. The van der Waals surface area contributed by atoms with Gasteiger partial charge in [-0.2, -0.15) is 0 Å². The minimum Gasteiger partial charge on any atom is -0.378 e. The molecule has 2 aliphatic rings. The van der Waals surface area contributed by atoms with Gasteiger partial charge in [-0.15, -0.1) is 0 Å². The Kier molecular flexibility index (Phi) is 4.08. The SMILES string of the molecule is CCOC1CC(NCC(C)C(C)(C)C)C12CCC2. The Labute approximate surface area is 113 Å². The van der Waals surface area contributed by atoms with Gasteiger partial charge >= 0.3 is 0 Å². The third kappa shape index (κ3) is 2.46. The summed E-state index contributed by atoms with van der Waals surface area (Å²) in [5.41, 5.74) is 0.913. The quantitative estimate of drug-likeness (QED) is 0.808. The molecule has 0 aromatic carbocycles. The van der Waals surface area contributed by atoms with Crippen molar-refractivity contribution in [3.05, 3.63) is 0 Å². The van der Waals surface area contributed by atoms with E-state index in [2.05, 4.69) is 39.9 Å². The molecule has 2 saturated carbocycles. The maximum absolute atomic E-state index is 5.90. The molecule has 2 rings (SSSR count). The van der Waals surface area contributed by atoms with E-state index in [0.717, 1.165) is 19.1 Å². The maximum Gasteiger partial charge on any atom is 0.0661 e. The highest BCUT2D eigenvalue weighted by molar-refractivity contribution is 5.12. The van der Waals surface area contributed by atoms with Crippen molar-refractivity contribution in [3.8, 4) is 0 Å². The van der Waals surface area contributed by atoms with Gasteiger partial charge in [0.05, 0.1) is 6.10 Å². The van der Waals surface area contributed by atoms with Crippen molar-refractivity contribution in [2.24, 2.45) is 16.7 Å². The van der Waals surface area contributed by atoms with E-state index in [4.69, 9.17) is 4.74 Å². The van der Waals surface area contributed by atoms with Crippen LogP contribution in [0.25, 0.3) is 0 Å². The lowest BCUT2D eigenvalue weighted by molar-refractivity contribution is -0.173. The summed E-state index contributed by atoms with van der Waals surface area (Å²) in [7, 11) is 0. The summed E-state index contributed by atoms with van der Waals surface area (Å²) in [5, 5.41) is 3.83. The molecular formula is C16H31NO. The van der Waals surface area contributed by atoms with Crippen LogP contribution in [0.5, 0.6) is 0 Å². The normalized spacial score (nSPS) is 31.8. The molecule has 0 saturated heterocycles. The van der Waals surface area contributed by atoms with Gasteiger partial charge < -0.3 is 10.1 Å². The van der Waals surface area contributed by atoms with Gasteiger partial charge in [0, 0.05) is 18.1 Å². The second-order valence-corrected chi connectivity index (χ2v) is 7.49. The molecule has 2 aliphatic carbocycles. The summed E-state index contributed by atoms with van der Waals surface area (Å²) in [4.78, 5) is 0. The lowest BCUT2D eigenvalue weighted by Crippen LogP contribution is -2.67. The zero-order chi connectivity index (χ0) is 13.4. The van der Waals surface area contributed by atoms with Gasteiger partial charge in [-0.05, 0) is 44.1 Å². The Bertz CT molecular complexity index is 277. The van der Waals surface area contributed by atoms with Crippen LogP contribution in [0.1, 0.15) is 60.3 Å². The molecule has 2 fully saturated rings. The highest BCUT2D eigenvalue weighted by Crippen LogP contribution is 2.57. The topological polar surface area (TPSA) is 21.3 Å². The van der Waals surface area contributed by atoms with Gasteiger partial charge in [0.2, 0.25) is 0 Å². The van der Waals surface area contributed by atoms with Crippen LogP contribution in [0.3, 0.4) is 0 Å². The second-order valence-electron chi connectivity index (χ2n) is 7.49. The molecule has 0 radical (unpaired) electrons. The lowest BCUT2D eigenvalue weighted by atomic mass is 9.51. The van der Waals surface area contributed by atoms with Gasteiger partial charge in [0.1, 0.15) is 0 Å². The zero-order valence-corrected chi connectivity index (χ0v) is 12.9. The molecule has 1 spiro atoms. The fourth-order valence-corrected chi connectivity index (χ4v) is 3.35. The molecule has 18 heavy (non-hydrogen) atoms. The highest BCUT2D eigenvalue weighted by atomic mass is 16.5.